The Kier molecular flexibility index (Phi) is 6.59. The molecule has 2 rings (SSSR count). The van der Waals surface area contributed by atoms with Crippen molar-refractivity contribution in [2.24, 2.45) is 0 Å². The quantitative estimate of drug-likeness (QED) is 0.592. The number of nitro groups is 1. The molecular formula is C19H23N3O5. The first-order valence-corrected chi connectivity index (χ1v) is 8.32. The van der Waals surface area contributed by atoms with Crippen molar-refractivity contribution in [2.75, 3.05) is 21.3 Å². The molecule has 0 spiro atoms. The van der Waals surface area contributed by atoms with Crippen molar-refractivity contribution in [1.29, 1.82) is 0 Å². The van der Waals surface area contributed by atoms with Crippen LogP contribution in [0.1, 0.15) is 24.1 Å². The maximum Gasteiger partial charge on any atom is 0.317 e. The van der Waals surface area contributed by atoms with E-state index in [0.29, 0.717) is 23.6 Å². The number of methoxy groups -OCH3 is 2. The monoisotopic (exact) mass is 373 g/mol. The fourth-order valence-corrected chi connectivity index (χ4v) is 2.61. The first-order chi connectivity index (χ1) is 12.8. The number of benzene rings is 2. The van der Waals surface area contributed by atoms with Crippen LogP contribution in [-0.4, -0.2) is 37.1 Å². The van der Waals surface area contributed by atoms with Crippen molar-refractivity contribution in [1.82, 2.24) is 10.2 Å². The van der Waals surface area contributed by atoms with E-state index in [1.165, 1.54) is 17.0 Å². The maximum atomic E-state index is 12.5. The number of hydrogen-bond donors (Lipinski definition) is 1. The summed E-state index contributed by atoms with van der Waals surface area (Å²) in [7, 11) is 4.79. The predicted octanol–water partition coefficient (Wildman–Crippen LogP) is 3.51. The molecule has 0 aromatic heterocycles. The number of nitro benzene ring substituents is 1. The molecular weight excluding hydrogens is 350 g/mol. The van der Waals surface area contributed by atoms with Gasteiger partial charge in [0, 0.05) is 25.7 Å². The van der Waals surface area contributed by atoms with E-state index in [1.54, 1.807) is 46.4 Å². The highest BCUT2D eigenvalue weighted by molar-refractivity contribution is 5.74. The Hall–Kier alpha value is -3.29. The van der Waals surface area contributed by atoms with Crippen LogP contribution in [0.5, 0.6) is 11.5 Å². The van der Waals surface area contributed by atoms with Gasteiger partial charge in [-0.1, -0.05) is 18.2 Å². The molecule has 1 atom stereocenters. The zero-order chi connectivity index (χ0) is 20.0. The van der Waals surface area contributed by atoms with Gasteiger partial charge < -0.3 is 19.7 Å². The van der Waals surface area contributed by atoms with Crippen LogP contribution in [0, 0.1) is 10.1 Å². The second kappa shape index (κ2) is 8.88. The van der Waals surface area contributed by atoms with Gasteiger partial charge in [-0.05, 0) is 30.2 Å². The molecule has 2 amide bonds. The van der Waals surface area contributed by atoms with Gasteiger partial charge in [0.15, 0.2) is 11.5 Å². The van der Waals surface area contributed by atoms with Crippen LogP contribution in [0.3, 0.4) is 0 Å². The second-order valence-corrected chi connectivity index (χ2v) is 6.07. The van der Waals surface area contributed by atoms with Crippen LogP contribution in [0.4, 0.5) is 10.5 Å². The number of rotatable bonds is 7. The van der Waals surface area contributed by atoms with E-state index in [-0.39, 0.29) is 17.8 Å². The summed E-state index contributed by atoms with van der Waals surface area (Å²) in [5.74, 6) is 1.21. The summed E-state index contributed by atoms with van der Waals surface area (Å²) >= 11 is 0. The molecule has 0 saturated carbocycles. The number of carbonyl (C=O) groups is 1. The molecule has 0 bridgehead atoms. The zero-order valence-electron chi connectivity index (χ0n) is 15.8. The molecule has 1 N–H and O–H groups in total. The van der Waals surface area contributed by atoms with Crippen molar-refractivity contribution < 1.29 is 19.2 Å². The largest absolute Gasteiger partial charge is 0.493 e. The highest BCUT2D eigenvalue weighted by Crippen LogP contribution is 2.28. The molecule has 0 aliphatic carbocycles. The number of non-ortho nitro benzene ring substituents is 1. The third-order valence-electron chi connectivity index (χ3n) is 4.14. The zero-order valence-corrected chi connectivity index (χ0v) is 15.8. The molecule has 2 aromatic carbocycles. The molecule has 0 saturated heterocycles. The Morgan fingerprint density at radius 2 is 1.89 bits per heavy atom. The Morgan fingerprint density at radius 1 is 1.19 bits per heavy atom. The summed E-state index contributed by atoms with van der Waals surface area (Å²) in [5, 5.41) is 13.7. The van der Waals surface area contributed by atoms with Gasteiger partial charge in [0.05, 0.1) is 25.2 Å². The molecule has 2 aromatic rings. The minimum Gasteiger partial charge on any atom is -0.493 e. The average molecular weight is 373 g/mol. The third-order valence-corrected chi connectivity index (χ3v) is 4.14. The predicted molar refractivity (Wildman–Crippen MR) is 101 cm³/mol. The summed E-state index contributed by atoms with van der Waals surface area (Å²) < 4.78 is 10.5. The molecule has 0 unspecified atom stereocenters. The lowest BCUT2D eigenvalue weighted by molar-refractivity contribution is -0.384. The lowest BCUT2D eigenvalue weighted by Crippen LogP contribution is -2.38. The molecule has 0 aliphatic rings. The molecule has 27 heavy (non-hydrogen) atoms. The van der Waals surface area contributed by atoms with Crippen LogP contribution in [-0.2, 0) is 6.54 Å². The van der Waals surface area contributed by atoms with Crippen molar-refractivity contribution in [2.45, 2.75) is 19.5 Å². The SMILES string of the molecule is COc1ccc(CN(C)C(=O)N[C@H](C)c2cccc([N+](=O)[O-])c2)cc1OC. The van der Waals surface area contributed by atoms with Gasteiger partial charge in [-0.3, -0.25) is 10.1 Å². The normalized spacial score (nSPS) is 11.4. The average Bonchev–Trinajstić information content (AvgIpc) is 2.67. The number of nitrogens with zero attached hydrogens (tertiary/aromatic N) is 2. The maximum absolute atomic E-state index is 12.5. The van der Waals surface area contributed by atoms with Crippen LogP contribution in [0.25, 0.3) is 0 Å². The number of nitrogens with one attached hydrogen (secondary N) is 1. The number of hydrogen-bond acceptors (Lipinski definition) is 5. The topological polar surface area (TPSA) is 93.9 Å². The first-order valence-electron chi connectivity index (χ1n) is 8.32. The molecule has 144 valence electrons. The van der Waals surface area contributed by atoms with Gasteiger partial charge in [-0.15, -0.1) is 0 Å². The van der Waals surface area contributed by atoms with E-state index in [4.69, 9.17) is 9.47 Å². The number of ether oxygens (including phenoxy) is 2. The standard InChI is InChI=1S/C19H23N3O5/c1-13(15-6-5-7-16(11-15)22(24)25)20-19(23)21(2)12-14-8-9-17(26-3)18(10-14)27-4/h5-11,13H,12H2,1-4H3,(H,20,23)/t13-/m1/s1. The summed E-state index contributed by atoms with van der Waals surface area (Å²) in [5.41, 5.74) is 1.54. The first kappa shape index (κ1) is 20.0. The van der Waals surface area contributed by atoms with Crippen molar-refractivity contribution in [3.8, 4) is 11.5 Å². The summed E-state index contributed by atoms with van der Waals surface area (Å²) in [4.78, 5) is 24.4. The Morgan fingerprint density at radius 3 is 2.52 bits per heavy atom. The van der Waals surface area contributed by atoms with E-state index >= 15 is 0 Å². The second-order valence-electron chi connectivity index (χ2n) is 6.07. The van der Waals surface area contributed by atoms with Gasteiger partial charge in [-0.2, -0.15) is 0 Å². The van der Waals surface area contributed by atoms with Crippen LogP contribution < -0.4 is 14.8 Å². The van der Waals surface area contributed by atoms with E-state index in [9.17, 15) is 14.9 Å². The van der Waals surface area contributed by atoms with Crippen LogP contribution >= 0.6 is 0 Å². The van der Waals surface area contributed by atoms with E-state index in [2.05, 4.69) is 5.32 Å². The Labute approximate surface area is 157 Å². The summed E-state index contributed by atoms with van der Waals surface area (Å²) in [6.45, 7) is 2.15. The summed E-state index contributed by atoms with van der Waals surface area (Å²) in [6.07, 6.45) is 0. The van der Waals surface area contributed by atoms with E-state index in [0.717, 1.165) is 5.56 Å². The molecule has 0 heterocycles. The highest BCUT2D eigenvalue weighted by Gasteiger charge is 2.16. The molecule has 8 heteroatoms. The van der Waals surface area contributed by atoms with Gasteiger partial charge in [0.2, 0.25) is 0 Å². The minimum absolute atomic E-state index is 0.00715. The highest BCUT2D eigenvalue weighted by atomic mass is 16.6. The minimum atomic E-state index is -0.457. The Balaban J connectivity index is 2.03. The van der Waals surface area contributed by atoms with Gasteiger partial charge in [0.1, 0.15) is 0 Å². The molecule has 0 radical (unpaired) electrons. The molecule has 0 fully saturated rings. The molecule has 8 nitrogen and oxygen atoms in total. The lowest BCUT2D eigenvalue weighted by Gasteiger charge is -2.22. The van der Waals surface area contributed by atoms with Crippen LogP contribution in [0.15, 0.2) is 42.5 Å². The third kappa shape index (κ3) is 5.10. The summed E-state index contributed by atoms with van der Waals surface area (Å²) in [6, 6.07) is 11.0. The lowest BCUT2D eigenvalue weighted by atomic mass is 10.1. The van der Waals surface area contributed by atoms with Gasteiger partial charge in [-0.25, -0.2) is 4.79 Å². The smallest absolute Gasteiger partial charge is 0.317 e. The van der Waals surface area contributed by atoms with Crippen molar-refractivity contribution in [3.63, 3.8) is 0 Å². The van der Waals surface area contributed by atoms with Gasteiger partial charge in [0.25, 0.3) is 5.69 Å². The van der Waals surface area contributed by atoms with Crippen molar-refractivity contribution >= 4 is 11.7 Å². The van der Waals surface area contributed by atoms with Crippen molar-refractivity contribution in [3.05, 3.63) is 63.7 Å². The Bertz CT molecular complexity index is 825. The number of amides is 2. The fraction of sp³-hybridized carbons (Fsp3) is 0.316. The number of urea groups is 1. The van der Waals surface area contributed by atoms with E-state index < -0.39 is 4.92 Å². The molecule has 0 aliphatic heterocycles. The fourth-order valence-electron chi connectivity index (χ4n) is 2.61. The van der Waals surface area contributed by atoms with E-state index in [1.807, 2.05) is 12.1 Å². The van der Waals surface area contributed by atoms with Crippen LogP contribution in [0.2, 0.25) is 0 Å². The van der Waals surface area contributed by atoms with Gasteiger partial charge >= 0.3 is 6.03 Å². The number of carbonyl (C=O) groups excluding carboxylic acids is 1.